The van der Waals surface area contributed by atoms with Crippen molar-refractivity contribution in [3.05, 3.63) is 65.5 Å². The van der Waals surface area contributed by atoms with Crippen LogP contribution in [-0.2, 0) is 11.0 Å². The predicted octanol–water partition coefficient (Wildman–Crippen LogP) is 4.48. The Kier molecular flexibility index (Phi) is 7.21. The molecule has 3 heterocycles. The van der Waals surface area contributed by atoms with Crippen LogP contribution in [0.3, 0.4) is 0 Å². The number of nitrogens with zero attached hydrogens (tertiary/aromatic N) is 5. The van der Waals surface area contributed by atoms with Gasteiger partial charge in [0.25, 0.3) is 0 Å². The number of fused-ring (bicyclic) bond motifs is 1. The molecule has 0 bridgehead atoms. The maximum absolute atomic E-state index is 13.1. The molecule has 0 spiro atoms. The van der Waals surface area contributed by atoms with Crippen molar-refractivity contribution >= 4 is 17.9 Å². The highest BCUT2D eigenvalue weighted by atomic mass is 19.4. The second kappa shape index (κ2) is 10.1. The topological polar surface area (TPSA) is 94.3 Å². The van der Waals surface area contributed by atoms with Crippen LogP contribution in [0.4, 0.5) is 19.0 Å². The number of amides is 1. The van der Waals surface area contributed by atoms with E-state index in [-0.39, 0.29) is 5.56 Å². The molecule has 11 heteroatoms. The number of rotatable bonds is 5. The van der Waals surface area contributed by atoms with Crippen molar-refractivity contribution < 1.29 is 22.7 Å². The minimum absolute atomic E-state index is 0.0748. The Bertz CT molecular complexity index is 1240. The van der Waals surface area contributed by atoms with Crippen molar-refractivity contribution in [3.8, 4) is 17.1 Å². The Hall–Kier alpha value is -4.02. The molecule has 1 N–H and O–H groups in total. The van der Waals surface area contributed by atoms with Crippen LogP contribution in [0.1, 0.15) is 23.7 Å². The zero-order chi connectivity index (χ0) is 24.0. The number of halogens is 3. The van der Waals surface area contributed by atoms with Gasteiger partial charge in [-0.25, -0.2) is 9.50 Å². The molecule has 172 valence electrons. The molecule has 0 atom stereocenters. The number of anilines is 1. The molecule has 0 aliphatic carbocycles. The first-order valence-electron chi connectivity index (χ1n) is 9.90. The zero-order valence-corrected chi connectivity index (χ0v) is 18.1. The van der Waals surface area contributed by atoms with E-state index in [4.69, 9.17) is 4.74 Å². The number of nitrogens with one attached hydrogen (secondary N) is 1. The van der Waals surface area contributed by atoms with Crippen molar-refractivity contribution in [3.63, 3.8) is 0 Å². The summed E-state index contributed by atoms with van der Waals surface area (Å²) in [5, 5.41) is 14.0. The third kappa shape index (κ3) is 5.62. The Morgan fingerprint density at radius 3 is 2.48 bits per heavy atom. The molecule has 0 saturated heterocycles. The monoisotopic (exact) mass is 458 g/mol. The molecular weight excluding hydrogens is 437 g/mol. The number of aryl methyl sites for hydroxylation is 2. The van der Waals surface area contributed by atoms with Crippen LogP contribution in [0.25, 0.3) is 16.9 Å². The van der Waals surface area contributed by atoms with E-state index in [2.05, 4.69) is 25.6 Å². The molecule has 0 saturated carbocycles. The van der Waals surface area contributed by atoms with Gasteiger partial charge in [0.2, 0.25) is 12.3 Å². The maximum Gasteiger partial charge on any atom is 0.417 e. The summed E-state index contributed by atoms with van der Waals surface area (Å²) in [4.78, 5) is 14.3. The molecule has 0 unspecified atom stereocenters. The average Bonchev–Trinajstić information content (AvgIpc) is 3.08. The highest BCUT2D eigenvalue weighted by molar-refractivity contribution is 5.68. The van der Waals surface area contributed by atoms with Crippen LogP contribution >= 0.6 is 0 Å². The van der Waals surface area contributed by atoms with Crippen molar-refractivity contribution in [2.75, 3.05) is 11.9 Å². The molecule has 0 aliphatic heterocycles. The molecule has 0 aliphatic rings. The summed E-state index contributed by atoms with van der Waals surface area (Å²) < 4.78 is 45.9. The van der Waals surface area contributed by atoms with Gasteiger partial charge in [0, 0.05) is 23.4 Å². The molecule has 33 heavy (non-hydrogen) atoms. The van der Waals surface area contributed by atoms with Crippen molar-refractivity contribution in [2.24, 2.45) is 0 Å². The largest absolute Gasteiger partial charge is 0.477 e. The number of carbonyl (C=O) groups excluding carboxylic acids is 1. The van der Waals surface area contributed by atoms with Gasteiger partial charge in [0.05, 0.1) is 23.6 Å². The van der Waals surface area contributed by atoms with Gasteiger partial charge < -0.3 is 10.1 Å². The van der Waals surface area contributed by atoms with Crippen LogP contribution in [0.2, 0.25) is 0 Å². The van der Waals surface area contributed by atoms with Gasteiger partial charge in [-0.3, -0.25) is 4.79 Å². The van der Waals surface area contributed by atoms with E-state index in [0.717, 1.165) is 17.3 Å². The summed E-state index contributed by atoms with van der Waals surface area (Å²) in [5.41, 5.74) is 1.92. The SMILES string of the molecule is CCOc1ccc(NC=O)nn1.Cc1nn2ccc(-c3ccccc3C(F)(F)F)nc2c1C. The fourth-order valence-corrected chi connectivity index (χ4v) is 2.94. The molecule has 0 fully saturated rings. The first-order chi connectivity index (χ1) is 15.7. The van der Waals surface area contributed by atoms with Gasteiger partial charge >= 0.3 is 6.18 Å². The number of carbonyl (C=O) groups is 1. The maximum atomic E-state index is 13.1. The second-order valence-electron chi connectivity index (χ2n) is 6.79. The fraction of sp³-hybridized carbons (Fsp3) is 0.227. The molecule has 8 nitrogen and oxygen atoms in total. The van der Waals surface area contributed by atoms with Gasteiger partial charge in [-0.05, 0) is 39.0 Å². The lowest BCUT2D eigenvalue weighted by molar-refractivity contribution is -0.137. The first-order valence-corrected chi connectivity index (χ1v) is 9.90. The number of ether oxygens (including phenoxy) is 1. The summed E-state index contributed by atoms with van der Waals surface area (Å²) in [6, 6.07) is 10.2. The molecule has 4 aromatic rings. The lowest BCUT2D eigenvalue weighted by atomic mass is 10.0. The van der Waals surface area contributed by atoms with E-state index in [9.17, 15) is 18.0 Å². The summed E-state index contributed by atoms with van der Waals surface area (Å²) >= 11 is 0. The van der Waals surface area contributed by atoms with E-state index >= 15 is 0 Å². The van der Waals surface area contributed by atoms with Gasteiger partial charge in [-0.1, -0.05) is 18.2 Å². The third-order valence-electron chi connectivity index (χ3n) is 4.60. The second-order valence-corrected chi connectivity index (χ2v) is 6.79. The number of hydrogen-bond acceptors (Lipinski definition) is 6. The number of hydrogen-bond donors (Lipinski definition) is 1. The van der Waals surface area contributed by atoms with Crippen molar-refractivity contribution in [2.45, 2.75) is 26.9 Å². The van der Waals surface area contributed by atoms with Gasteiger partial charge in [0.1, 0.15) is 0 Å². The van der Waals surface area contributed by atoms with E-state index in [1.807, 2.05) is 20.8 Å². The molecular formula is C22H21F3N6O2. The molecule has 4 rings (SSSR count). The van der Waals surface area contributed by atoms with E-state index in [0.29, 0.717) is 36.1 Å². The van der Waals surface area contributed by atoms with Crippen LogP contribution in [0, 0.1) is 13.8 Å². The van der Waals surface area contributed by atoms with Crippen molar-refractivity contribution in [1.29, 1.82) is 0 Å². The fourth-order valence-electron chi connectivity index (χ4n) is 2.94. The number of benzene rings is 1. The number of aromatic nitrogens is 5. The number of alkyl halides is 3. The van der Waals surface area contributed by atoms with Crippen LogP contribution in [0.5, 0.6) is 5.88 Å². The standard InChI is InChI=1S/C15H12F3N3.C7H9N3O2/c1-9-10(2)20-21-8-7-13(19-14(9)21)11-5-3-4-6-12(11)15(16,17)18;1-2-12-7-4-3-6(8-5-11)9-10-7/h3-8H,1-2H3;3-5H,2H2,1H3,(H,8,9,11). The van der Waals surface area contributed by atoms with E-state index in [1.54, 1.807) is 35.0 Å². The normalized spacial score (nSPS) is 11.0. The van der Waals surface area contributed by atoms with Gasteiger partial charge in [0.15, 0.2) is 11.5 Å². The highest BCUT2D eigenvalue weighted by Gasteiger charge is 2.33. The Labute approximate surface area is 187 Å². The average molecular weight is 458 g/mol. The van der Waals surface area contributed by atoms with Crippen LogP contribution < -0.4 is 10.1 Å². The van der Waals surface area contributed by atoms with Crippen molar-refractivity contribution in [1.82, 2.24) is 24.8 Å². The summed E-state index contributed by atoms with van der Waals surface area (Å²) in [6.07, 6.45) is -2.23. The first kappa shape index (κ1) is 23.6. The third-order valence-corrected chi connectivity index (χ3v) is 4.60. The van der Waals surface area contributed by atoms with E-state index in [1.165, 1.54) is 12.1 Å². The Balaban J connectivity index is 0.000000218. The Morgan fingerprint density at radius 2 is 1.85 bits per heavy atom. The summed E-state index contributed by atoms with van der Waals surface area (Å²) in [6.45, 7) is 6.10. The molecule has 3 aromatic heterocycles. The van der Waals surface area contributed by atoms with E-state index < -0.39 is 11.7 Å². The zero-order valence-electron chi connectivity index (χ0n) is 18.1. The summed E-state index contributed by atoms with van der Waals surface area (Å²) in [7, 11) is 0. The van der Waals surface area contributed by atoms with Crippen LogP contribution in [0.15, 0.2) is 48.7 Å². The predicted molar refractivity (Wildman–Crippen MR) is 116 cm³/mol. The minimum atomic E-state index is -4.41. The highest BCUT2D eigenvalue weighted by Crippen LogP contribution is 2.36. The lowest BCUT2D eigenvalue weighted by Gasteiger charge is -2.12. The molecule has 0 radical (unpaired) electrons. The molecule has 1 amide bonds. The lowest BCUT2D eigenvalue weighted by Crippen LogP contribution is -2.07. The smallest absolute Gasteiger partial charge is 0.417 e. The molecule has 1 aromatic carbocycles. The van der Waals surface area contributed by atoms with Crippen LogP contribution in [-0.4, -0.2) is 37.8 Å². The van der Waals surface area contributed by atoms with Gasteiger partial charge in [-0.15, -0.1) is 10.2 Å². The Morgan fingerprint density at radius 1 is 1.09 bits per heavy atom. The minimum Gasteiger partial charge on any atom is -0.477 e. The summed E-state index contributed by atoms with van der Waals surface area (Å²) in [5.74, 6) is 0.863. The quantitative estimate of drug-likeness (QED) is 0.444. The van der Waals surface area contributed by atoms with Gasteiger partial charge in [-0.2, -0.15) is 18.3 Å².